The Morgan fingerprint density at radius 2 is 1.75 bits per heavy atom. The van der Waals surface area contributed by atoms with Crippen LogP contribution in [0.5, 0.6) is 5.75 Å². The molecule has 4 nitrogen and oxygen atoms in total. The first kappa shape index (κ1) is 25.9. The second-order valence-electron chi connectivity index (χ2n) is 8.36. The number of benzene rings is 3. The highest BCUT2D eigenvalue weighted by Crippen LogP contribution is 2.27. The first-order chi connectivity index (χ1) is 17.3. The lowest BCUT2D eigenvalue weighted by Crippen LogP contribution is -2.42. The van der Waals surface area contributed by atoms with Gasteiger partial charge in [-0.1, -0.05) is 28.1 Å². The van der Waals surface area contributed by atoms with Gasteiger partial charge in [0.2, 0.25) is 5.91 Å². The molecule has 3 aromatic carbocycles. The van der Waals surface area contributed by atoms with Crippen LogP contribution in [0.3, 0.4) is 0 Å². The van der Waals surface area contributed by atoms with Gasteiger partial charge < -0.3 is 4.74 Å². The van der Waals surface area contributed by atoms with Gasteiger partial charge >= 0.3 is 0 Å². The maximum absolute atomic E-state index is 15.1. The Morgan fingerprint density at radius 3 is 2.53 bits per heavy atom. The summed E-state index contributed by atoms with van der Waals surface area (Å²) in [6.07, 6.45) is 0.864. The molecule has 3 aromatic rings. The molecule has 0 fully saturated rings. The molecule has 1 amide bonds. The SMILES string of the molecule is COc1ccc(Br)cc1CCc1c(F)cccc1C1=NCCCN1C(=O)Cc1cc(F)c(F)cc1F. The molecular weight excluding hydrogens is 540 g/mol. The van der Waals surface area contributed by atoms with E-state index in [0.717, 1.165) is 10.0 Å². The summed E-state index contributed by atoms with van der Waals surface area (Å²) >= 11 is 3.44. The van der Waals surface area contributed by atoms with Crippen molar-refractivity contribution in [2.24, 2.45) is 4.99 Å². The number of amidine groups is 1. The topological polar surface area (TPSA) is 41.9 Å². The summed E-state index contributed by atoms with van der Waals surface area (Å²) in [6, 6.07) is 11.3. The van der Waals surface area contributed by atoms with Crippen LogP contribution in [0.4, 0.5) is 17.6 Å². The lowest BCUT2D eigenvalue weighted by atomic mass is 9.97. The van der Waals surface area contributed by atoms with Crippen LogP contribution in [0, 0.1) is 23.3 Å². The fraction of sp³-hybridized carbons (Fsp3) is 0.259. The second kappa shape index (κ2) is 11.2. The fourth-order valence-electron chi connectivity index (χ4n) is 4.26. The minimum atomic E-state index is -1.32. The Hall–Kier alpha value is -3.20. The van der Waals surface area contributed by atoms with Gasteiger partial charge in [-0.05, 0) is 60.7 Å². The molecule has 188 valence electrons. The van der Waals surface area contributed by atoms with Crippen molar-refractivity contribution in [1.82, 2.24) is 4.90 Å². The number of aryl methyl sites for hydroxylation is 1. The molecule has 0 saturated carbocycles. The van der Waals surface area contributed by atoms with E-state index in [1.807, 2.05) is 18.2 Å². The van der Waals surface area contributed by atoms with Crippen LogP contribution in [0.1, 0.15) is 28.7 Å². The average molecular weight is 563 g/mol. The quantitative estimate of drug-likeness (QED) is 0.261. The van der Waals surface area contributed by atoms with Gasteiger partial charge in [0, 0.05) is 34.8 Å². The lowest BCUT2D eigenvalue weighted by Gasteiger charge is -2.29. The maximum atomic E-state index is 15.1. The number of carbonyl (C=O) groups excluding carboxylic acids is 1. The molecule has 0 spiro atoms. The van der Waals surface area contributed by atoms with Crippen molar-refractivity contribution in [1.29, 1.82) is 0 Å². The summed E-state index contributed by atoms with van der Waals surface area (Å²) in [4.78, 5) is 19.0. The molecule has 0 radical (unpaired) electrons. The Bertz CT molecular complexity index is 1330. The van der Waals surface area contributed by atoms with E-state index >= 15 is 4.39 Å². The fourth-order valence-corrected chi connectivity index (χ4v) is 4.67. The van der Waals surface area contributed by atoms with Crippen LogP contribution in [0.25, 0.3) is 0 Å². The zero-order valence-electron chi connectivity index (χ0n) is 19.5. The minimum Gasteiger partial charge on any atom is -0.496 e. The summed E-state index contributed by atoms with van der Waals surface area (Å²) < 4.78 is 62.5. The molecule has 0 bridgehead atoms. The maximum Gasteiger partial charge on any atom is 0.232 e. The second-order valence-corrected chi connectivity index (χ2v) is 9.28. The number of methoxy groups -OCH3 is 1. The molecule has 0 atom stereocenters. The highest BCUT2D eigenvalue weighted by atomic mass is 79.9. The van der Waals surface area contributed by atoms with Crippen LogP contribution in [-0.2, 0) is 24.1 Å². The zero-order valence-corrected chi connectivity index (χ0v) is 21.0. The van der Waals surface area contributed by atoms with Crippen molar-refractivity contribution in [2.75, 3.05) is 20.2 Å². The number of ether oxygens (including phenoxy) is 1. The van der Waals surface area contributed by atoms with Crippen molar-refractivity contribution in [3.8, 4) is 5.75 Å². The molecule has 0 N–H and O–H groups in total. The molecule has 1 aliphatic rings. The summed E-state index contributed by atoms with van der Waals surface area (Å²) in [5, 5.41) is 0. The van der Waals surface area contributed by atoms with E-state index in [-0.39, 0.29) is 11.4 Å². The largest absolute Gasteiger partial charge is 0.496 e. The Balaban J connectivity index is 1.62. The molecule has 4 rings (SSSR count). The van der Waals surface area contributed by atoms with E-state index in [2.05, 4.69) is 20.9 Å². The van der Waals surface area contributed by atoms with Gasteiger partial charge in [-0.2, -0.15) is 0 Å². The van der Waals surface area contributed by atoms with E-state index in [1.54, 1.807) is 19.2 Å². The molecule has 0 aromatic heterocycles. The summed E-state index contributed by atoms with van der Waals surface area (Å²) in [7, 11) is 1.57. The summed E-state index contributed by atoms with van der Waals surface area (Å²) in [6.45, 7) is 0.729. The van der Waals surface area contributed by atoms with Gasteiger partial charge in [0.25, 0.3) is 0 Å². The third kappa shape index (κ3) is 5.61. The predicted molar refractivity (Wildman–Crippen MR) is 132 cm³/mol. The van der Waals surface area contributed by atoms with Crippen LogP contribution < -0.4 is 4.74 Å². The number of amides is 1. The van der Waals surface area contributed by atoms with Gasteiger partial charge in [0.05, 0.1) is 13.5 Å². The molecule has 36 heavy (non-hydrogen) atoms. The van der Waals surface area contributed by atoms with E-state index in [9.17, 15) is 18.0 Å². The van der Waals surface area contributed by atoms with Crippen LogP contribution >= 0.6 is 15.9 Å². The number of nitrogens with zero attached hydrogens (tertiary/aromatic N) is 2. The number of aliphatic imine (C=N–C) groups is 1. The summed E-state index contributed by atoms with van der Waals surface area (Å²) in [5.41, 5.74) is 1.47. The Morgan fingerprint density at radius 1 is 0.972 bits per heavy atom. The van der Waals surface area contributed by atoms with Crippen molar-refractivity contribution in [3.63, 3.8) is 0 Å². The van der Waals surface area contributed by atoms with Crippen LogP contribution in [0.2, 0.25) is 0 Å². The molecule has 0 unspecified atom stereocenters. The Kier molecular flexibility index (Phi) is 8.08. The number of hydrogen-bond donors (Lipinski definition) is 0. The monoisotopic (exact) mass is 562 g/mol. The number of rotatable bonds is 7. The van der Waals surface area contributed by atoms with E-state index in [1.165, 1.54) is 11.0 Å². The van der Waals surface area contributed by atoms with Gasteiger partial charge in [-0.25, -0.2) is 17.6 Å². The first-order valence-electron chi connectivity index (χ1n) is 11.4. The first-order valence-corrected chi connectivity index (χ1v) is 12.2. The highest BCUT2D eigenvalue weighted by Gasteiger charge is 2.27. The Labute approximate surface area is 214 Å². The number of halogens is 5. The standard InChI is InChI=1S/C27H23BrF4N2O2/c1-36-25-9-7-18(28)12-16(25)6-8-19-20(4-2-5-21(19)29)27-33-10-3-11-34(27)26(35)14-17-13-23(31)24(32)15-22(17)30/h2,4-5,7,9,12-13,15H,3,6,8,10-11,14H2,1H3. The average Bonchev–Trinajstić information content (AvgIpc) is 2.86. The molecule has 1 aliphatic heterocycles. The highest BCUT2D eigenvalue weighted by molar-refractivity contribution is 9.10. The van der Waals surface area contributed by atoms with Crippen LogP contribution in [0.15, 0.2) is 58.0 Å². The van der Waals surface area contributed by atoms with Crippen molar-refractivity contribution in [3.05, 3.63) is 98.5 Å². The molecule has 0 saturated heterocycles. The number of carbonyl (C=O) groups is 1. The predicted octanol–water partition coefficient (Wildman–Crippen LogP) is 6.02. The van der Waals surface area contributed by atoms with Gasteiger partial charge in [0.15, 0.2) is 11.6 Å². The lowest BCUT2D eigenvalue weighted by molar-refractivity contribution is -0.126. The number of hydrogen-bond acceptors (Lipinski definition) is 3. The third-order valence-electron chi connectivity index (χ3n) is 6.04. The van der Waals surface area contributed by atoms with Gasteiger partial charge in [-0.3, -0.25) is 14.7 Å². The zero-order chi connectivity index (χ0) is 25.8. The van der Waals surface area contributed by atoms with Crippen molar-refractivity contribution < 1.29 is 27.1 Å². The van der Waals surface area contributed by atoms with E-state index < -0.39 is 35.6 Å². The smallest absolute Gasteiger partial charge is 0.232 e. The van der Waals surface area contributed by atoms with Crippen LogP contribution in [-0.4, -0.2) is 36.8 Å². The molecule has 1 heterocycles. The third-order valence-corrected chi connectivity index (χ3v) is 6.53. The molecular formula is C27H23BrF4N2O2. The van der Waals surface area contributed by atoms with Gasteiger partial charge in [-0.15, -0.1) is 0 Å². The van der Waals surface area contributed by atoms with Crippen molar-refractivity contribution in [2.45, 2.75) is 25.7 Å². The minimum absolute atomic E-state index is 0.259. The van der Waals surface area contributed by atoms with E-state index in [4.69, 9.17) is 4.74 Å². The van der Waals surface area contributed by atoms with Gasteiger partial charge in [0.1, 0.15) is 23.2 Å². The molecule has 0 aliphatic carbocycles. The summed E-state index contributed by atoms with van der Waals surface area (Å²) in [5.74, 6) is -3.58. The van der Waals surface area contributed by atoms with E-state index in [0.29, 0.717) is 61.4 Å². The van der Waals surface area contributed by atoms with Crippen molar-refractivity contribution >= 4 is 27.7 Å². The molecule has 9 heteroatoms. The normalized spacial score (nSPS) is 13.5.